The molecule has 9 heteroatoms. The Kier molecular flexibility index (Phi) is 8.25. The van der Waals surface area contributed by atoms with E-state index in [9.17, 15) is 13.2 Å². The summed E-state index contributed by atoms with van der Waals surface area (Å²) in [6.45, 7) is 1.12. The van der Waals surface area contributed by atoms with E-state index in [4.69, 9.17) is 20.8 Å². The fraction of sp³-hybridized carbons (Fsp3) is 0.227. The third-order valence-corrected chi connectivity index (χ3v) is 6.31. The quantitative estimate of drug-likeness (QED) is 0.453. The molecule has 0 spiro atoms. The van der Waals surface area contributed by atoms with Gasteiger partial charge in [0, 0.05) is 19.5 Å². The second-order valence-corrected chi connectivity index (χ2v) is 8.89. The zero-order valence-corrected chi connectivity index (χ0v) is 18.3. The molecule has 0 unspecified atom stereocenters. The van der Waals surface area contributed by atoms with E-state index >= 15 is 0 Å². The van der Waals surface area contributed by atoms with Gasteiger partial charge in [-0.25, -0.2) is 13.1 Å². The van der Waals surface area contributed by atoms with Gasteiger partial charge in [-0.15, -0.1) is 0 Å². The molecule has 1 aromatic heterocycles. The Morgan fingerprint density at radius 1 is 1.00 bits per heavy atom. The van der Waals surface area contributed by atoms with E-state index in [-0.39, 0.29) is 28.8 Å². The molecule has 1 heterocycles. The van der Waals surface area contributed by atoms with Crippen LogP contribution < -0.4 is 10.0 Å². The number of amides is 1. The molecule has 0 saturated heterocycles. The highest BCUT2D eigenvalue weighted by atomic mass is 35.5. The molecule has 3 aromatic rings. The summed E-state index contributed by atoms with van der Waals surface area (Å²) in [6.07, 6.45) is 1.61. The average molecular weight is 463 g/mol. The molecule has 0 atom stereocenters. The molecule has 164 valence electrons. The van der Waals surface area contributed by atoms with Crippen LogP contribution in [0, 0.1) is 0 Å². The van der Waals surface area contributed by atoms with Crippen molar-refractivity contribution in [2.75, 3.05) is 6.54 Å². The monoisotopic (exact) mass is 462 g/mol. The maximum absolute atomic E-state index is 12.3. The Bertz CT molecular complexity index is 1100. The Morgan fingerprint density at radius 2 is 1.81 bits per heavy atom. The first-order valence-corrected chi connectivity index (χ1v) is 11.5. The number of furan rings is 1. The molecular formula is C22H23ClN2O5S. The van der Waals surface area contributed by atoms with Gasteiger partial charge in [0.25, 0.3) is 0 Å². The van der Waals surface area contributed by atoms with E-state index in [1.54, 1.807) is 18.4 Å². The van der Waals surface area contributed by atoms with Gasteiger partial charge < -0.3 is 14.5 Å². The van der Waals surface area contributed by atoms with Gasteiger partial charge in [-0.3, -0.25) is 4.79 Å². The summed E-state index contributed by atoms with van der Waals surface area (Å²) in [5.74, 6) is 0.495. The van der Waals surface area contributed by atoms with Crippen LogP contribution in [0.2, 0.25) is 5.02 Å². The summed E-state index contributed by atoms with van der Waals surface area (Å²) < 4.78 is 37.8. The maximum Gasteiger partial charge on any atom is 0.242 e. The molecule has 0 aliphatic carbocycles. The summed E-state index contributed by atoms with van der Waals surface area (Å²) in [4.78, 5) is 12.1. The number of benzene rings is 2. The van der Waals surface area contributed by atoms with Crippen LogP contribution in [0.15, 0.2) is 76.2 Å². The van der Waals surface area contributed by atoms with Crippen LogP contribution in [0.25, 0.3) is 0 Å². The highest BCUT2D eigenvalue weighted by Gasteiger charge is 2.17. The van der Waals surface area contributed by atoms with E-state index in [0.29, 0.717) is 19.8 Å². The fourth-order valence-electron chi connectivity index (χ4n) is 2.82. The molecule has 0 fully saturated rings. The molecule has 2 N–H and O–H groups in total. The van der Waals surface area contributed by atoms with Crippen molar-refractivity contribution in [2.45, 2.75) is 31.1 Å². The molecule has 0 aliphatic heterocycles. The van der Waals surface area contributed by atoms with Gasteiger partial charge in [0.05, 0.1) is 17.9 Å². The normalized spacial score (nSPS) is 11.4. The molecule has 0 aliphatic rings. The van der Waals surface area contributed by atoms with Gasteiger partial charge >= 0.3 is 0 Å². The third-order valence-electron chi connectivity index (χ3n) is 4.34. The van der Waals surface area contributed by atoms with Crippen LogP contribution in [-0.4, -0.2) is 20.9 Å². The lowest BCUT2D eigenvalue weighted by Crippen LogP contribution is -2.30. The molecule has 7 nitrogen and oxygen atoms in total. The van der Waals surface area contributed by atoms with Crippen molar-refractivity contribution >= 4 is 27.5 Å². The van der Waals surface area contributed by atoms with Crippen LogP contribution in [0.5, 0.6) is 0 Å². The van der Waals surface area contributed by atoms with Crippen molar-refractivity contribution in [2.24, 2.45) is 0 Å². The highest BCUT2D eigenvalue weighted by Crippen LogP contribution is 2.20. The highest BCUT2D eigenvalue weighted by molar-refractivity contribution is 7.89. The molecule has 31 heavy (non-hydrogen) atoms. The van der Waals surface area contributed by atoms with Gasteiger partial charge in [-0.1, -0.05) is 48.0 Å². The lowest BCUT2D eigenvalue weighted by atomic mass is 10.1. The van der Waals surface area contributed by atoms with Crippen molar-refractivity contribution in [1.82, 2.24) is 10.0 Å². The molecule has 3 rings (SSSR count). The number of ether oxygens (including phenoxy) is 1. The summed E-state index contributed by atoms with van der Waals surface area (Å²) in [7, 11) is -3.77. The van der Waals surface area contributed by atoms with Crippen molar-refractivity contribution in [3.8, 4) is 0 Å². The minimum Gasteiger partial charge on any atom is -0.467 e. The van der Waals surface area contributed by atoms with Crippen molar-refractivity contribution in [1.29, 1.82) is 0 Å². The standard InChI is InChI=1S/C22H23ClN2O5S/c23-20-8-1-2-9-21(20)31(27,28)25-11-10-22(26)24-14-17-5-3-6-18(13-17)15-29-16-19-7-4-12-30-19/h1-9,12-13,25H,10-11,14-16H2,(H,24,26). The Balaban J connectivity index is 1.41. The number of rotatable bonds is 11. The molecule has 2 aromatic carbocycles. The number of carbonyl (C=O) groups is 1. The predicted octanol–water partition coefficient (Wildman–Crippen LogP) is 3.63. The Morgan fingerprint density at radius 3 is 2.58 bits per heavy atom. The number of sulfonamides is 1. The van der Waals surface area contributed by atoms with Crippen LogP contribution in [0.3, 0.4) is 0 Å². The molecule has 1 amide bonds. The zero-order chi connectivity index (χ0) is 22.1. The minimum atomic E-state index is -3.77. The van der Waals surface area contributed by atoms with Crippen molar-refractivity contribution in [3.05, 3.63) is 88.8 Å². The first-order valence-electron chi connectivity index (χ1n) is 9.63. The topological polar surface area (TPSA) is 97.6 Å². The van der Waals surface area contributed by atoms with Crippen molar-refractivity contribution < 1.29 is 22.4 Å². The minimum absolute atomic E-state index is 0.00956. The molecule has 0 radical (unpaired) electrons. The van der Waals surface area contributed by atoms with E-state index in [2.05, 4.69) is 10.0 Å². The van der Waals surface area contributed by atoms with E-state index < -0.39 is 10.0 Å². The molecular weight excluding hydrogens is 440 g/mol. The third kappa shape index (κ3) is 7.22. The SMILES string of the molecule is O=C(CCNS(=O)(=O)c1ccccc1Cl)NCc1cccc(COCc2ccco2)c1. The van der Waals surface area contributed by atoms with Gasteiger partial charge in [0.2, 0.25) is 15.9 Å². The average Bonchev–Trinajstić information content (AvgIpc) is 3.26. The Labute approximate surface area is 186 Å². The van der Waals surface area contributed by atoms with Crippen LogP contribution in [0.4, 0.5) is 0 Å². The van der Waals surface area contributed by atoms with E-state index in [1.165, 1.54) is 12.1 Å². The first kappa shape index (κ1) is 23.0. The van der Waals surface area contributed by atoms with Crippen LogP contribution >= 0.6 is 11.6 Å². The Hall–Kier alpha value is -2.65. The number of nitrogens with one attached hydrogen (secondary N) is 2. The van der Waals surface area contributed by atoms with E-state index in [0.717, 1.165) is 16.9 Å². The number of halogens is 1. The largest absolute Gasteiger partial charge is 0.467 e. The zero-order valence-electron chi connectivity index (χ0n) is 16.7. The lowest BCUT2D eigenvalue weighted by molar-refractivity contribution is -0.121. The predicted molar refractivity (Wildman–Crippen MR) is 117 cm³/mol. The van der Waals surface area contributed by atoms with Gasteiger partial charge in [0.15, 0.2) is 0 Å². The summed E-state index contributed by atoms with van der Waals surface area (Å²) in [5.41, 5.74) is 1.90. The summed E-state index contributed by atoms with van der Waals surface area (Å²) in [5, 5.41) is 2.92. The van der Waals surface area contributed by atoms with Crippen LogP contribution in [0.1, 0.15) is 23.3 Å². The number of hydrogen-bond acceptors (Lipinski definition) is 5. The summed E-state index contributed by atoms with van der Waals surface area (Å²) in [6, 6.07) is 17.5. The molecule has 0 saturated carbocycles. The number of carbonyl (C=O) groups excluding carboxylic acids is 1. The smallest absolute Gasteiger partial charge is 0.242 e. The van der Waals surface area contributed by atoms with Crippen LogP contribution in [-0.2, 0) is 39.3 Å². The first-order chi connectivity index (χ1) is 14.9. The fourth-order valence-corrected chi connectivity index (χ4v) is 4.37. The lowest BCUT2D eigenvalue weighted by Gasteiger charge is -2.09. The second kappa shape index (κ2) is 11.1. The van der Waals surface area contributed by atoms with E-state index in [1.807, 2.05) is 36.4 Å². The molecule has 0 bridgehead atoms. The van der Waals surface area contributed by atoms with Gasteiger partial charge in [-0.05, 0) is 35.4 Å². The van der Waals surface area contributed by atoms with Crippen molar-refractivity contribution in [3.63, 3.8) is 0 Å². The number of hydrogen-bond donors (Lipinski definition) is 2. The van der Waals surface area contributed by atoms with Gasteiger partial charge in [0.1, 0.15) is 17.3 Å². The maximum atomic E-state index is 12.3. The summed E-state index contributed by atoms with van der Waals surface area (Å²) >= 11 is 5.93. The second-order valence-electron chi connectivity index (χ2n) is 6.75. The van der Waals surface area contributed by atoms with Gasteiger partial charge in [-0.2, -0.15) is 0 Å².